The van der Waals surface area contributed by atoms with E-state index in [0.717, 1.165) is 10.6 Å². The fraction of sp³-hybridized carbons (Fsp3) is 0.529. The Kier molecular flexibility index (Phi) is 12.4. The van der Waals surface area contributed by atoms with Crippen LogP contribution in [0, 0.1) is 5.82 Å². The lowest BCUT2D eigenvalue weighted by Gasteiger charge is -2.19. The molecule has 0 aliphatic carbocycles. The number of carbonyl (C=O) groups is 1. The van der Waals surface area contributed by atoms with Crippen molar-refractivity contribution in [3.8, 4) is 0 Å². The number of thioether (sulfide) groups is 1. The zero-order valence-corrected chi connectivity index (χ0v) is 18.7. The maximum atomic E-state index is 12.8. The van der Waals surface area contributed by atoms with Crippen molar-refractivity contribution in [2.45, 2.75) is 31.3 Å². The first-order valence-electron chi connectivity index (χ1n) is 8.10. The molecule has 6 nitrogen and oxygen atoms in total. The molecule has 0 unspecified atom stereocenters. The van der Waals surface area contributed by atoms with Crippen LogP contribution in [0.1, 0.15) is 20.8 Å². The van der Waals surface area contributed by atoms with Crippen LogP contribution >= 0.6 is 35.7 Å². The van der Waals surface area contributed by atoms with Gasteiger partial charge < -0.3 is 20.7 Å². The van der Waals surface area contributed by atoms with E-state index in [1.165, 1.54) is 12.1 Å². The van der Waals surface area contributed by atoms with Gasteiger partial charge in [-0.1, -0.05) is 0 Å². The van der Waals surface area contributed by atoms with Crippen molar-refractivity contribution in [1.29, 1.82) is 0 Å². The number of benzene rings is 1. The van der Waals surface area contributed by atoms with Crippen LogP contribution in [-0.2, 0) is 4.74 Å². The van der Waals surface area contributed by atoms with E-state index in [1.807, 2.05) is 20.8 Å². The Morgan fingerprint density at radius 3 is 2.27 bits per heavy atom. The number of guanidine groups is 1. The van der Waals surface area contributed by atoms with Crippen LogP contribution in [-0.4, -0.2) is 50.1 Å². The second-order valence-corrected chi connectivity index (χ2v) is 7.33. The molecule has 3 N–H and O–H groups in total. The van der Waals surface area contributed by atoms with Crippen LogP contribution < -0.4 is 16.0 Å². The molecule has 0 saturated heterocycles. The largest absolute Gasteiger partial charge is 0.444 e. The first kappa shape index (κ1) is 24.8. The van der Waals surface area contributed by atoms with E-state index in [9.17, 15) is 9.18 Å². The topological polar surface area (TPSA) is 74.8 Å². The molecule has 0 bridgehead atoms. The Morgan fingerprint density at radius 2 is 1.69 bits per heavy atom. The average molecular weight is 498 g/mol. The highest BCUT2D eigenvalue weighted by molar-refractivity contribution is 14.0. The van der Waals surface area contributed by atoms with Crippen molar-refractivity contribution in [1.82, 2.24) is 16.0 Å². The van der Waals surface area contributed by atoms with Crippen molar-refractivity contribution < 1.29 is 13.9 Å². The third kappa shape index (κ3) is 12.2. The summed E-state index contributed by atoms with van der Waals surface area (Å²) in [5.74, 6) is 1.25. The van der Waals surface area contributed by atoms with Gasteiger partial charge in [0.25, 0.3) is 0 Å². The summed E-state index contributed by atoms with van der Waals surface area (Å²) < 4.78 is 18.0. The molecule has 0 aromatic heterocycles. The Hall–Kier alpha value is -1.23. The summed E-state index contributed by atoms with van der Waals surface area (Å²) in [6, 6.07) is 6.42. The molecule has 1 rings (SSSR count). The van der Waals surface area contributed by atoms with Crippen LogP contribution in [0.3, 0.4) is 0 Å². The second-order valence-electron chi connectivity index (χ2n) is 6.16. The first-order chi connectivity index (χ1) is 11.8. The molecule has 0 spiro atoms. The minimum absolute atomic E-state index is 0. The zero-order chi connectivity index (χ0) is 18.7. The maximum absolute atomic E-state index is 12.8. The molecule has 1 aromatic carbocycles. The number of ether oxygens (including phenoxy) is 1. The van der Waals surface area contributed by atoms with Crippen molar-refractivity contribution in [2.75, 3.05) is 32.4 Å². The van der Waals surface area contributed by atoms with Crippen LogP contribution in [0.15, 0.2) is 34.2 Å². The molecule has 0 aliphatic rings. The highest BCUT2D eigenvalue weighted by Gasteiger charge is 2.15. The Labute approximate surface area is 176 Å². The van der Waals surface area contributed by atoms with E-state index in [1.54, 1.807) is 30.9 Å². The fourth-order valence-corrected chi connectivity index (χ4v) is 2.52. The molecular weight excluding hydrogens is 470 g/mol. The van der Waals surface area contributed by atoms with Gasteiger partial charge in [0.1, 0.15) is 11.4 Å². The van der Waals surface area contributed by atoms with Gasteiger partial charge in [0, 0.05) is 37.3 Å². The summed E-state index contributed by atoms with van der Waals surface area (Å²) in [4.78, 5) is 16.6. The number of amides is 1. The standard InChI is InChI=1S/C17H27FN4O2S.HI/c1-17(2,3)24-16(23)22-10-9-20-15(19-4)21-11-12-25-14-7-5-13(18)6-8-14;/h5-8H,9-12H2,1-4H3,(H,22,23)(H2,19,20,21);1H. The maximum Gasteiger partial charge on any atom is 0.407 e. The van der Waals surface area contributed by atoms with Gasteiger partial charge in [-0.2, -0.15) is 0 Å². The molecule has 0 heterocycles. The quantitative estimate of drug-likeness (QED) is 0.177. The Bertz CT molecular complexity index is 565. The lowest BCUT2D eigenvalue weighted by atomic mass is 10.2. The molecule has 0 atom stereocenters. The van der Waals surface area contributed by atoms with Crippen LogP contribution in [0.4, 0.5) is 9.18 Å². The van der Waals surface area contributed by atoms with Gasteiger partial charge in [-0.15, -0.1) is 35.7 Å². The van der Waals surface area contributed by atoms with Crippen LogP contribution in [0.25, 0.3) is 0 Å². The molecule has 0 saturated carbocycles. The number of carbonyl (C=O) groups excluding carboxylic acids is 1. The van der Waals surface area contributed by atoms with Gasteiger partial charge in [-0.3, -0.25) is 4.99 Å². The Morgan fingerprint density at radius 1 is 1.12 bits per heavy atom. The van der Waals surface area contributed by atoms with E-state index >= 15 is 0 Å². The third-order valence-electron chi connectivity index (χ3n) is 2.79. The Balaban J connectivity index is 0.00000625. The predicted octanol–water partition coefficient (Wildman–Crippen LogP) is 3.23. The van der Waals surface area contributed by atoms with Crippen molar-refractivity contribution in [3.05, 3.63) is 30.1 Å². The van der Waals surface area contributed by atoms with Gasteiger partial charge in [-0.25, -0.2) is 9.18 Å². The molecule has 0 fully saturated rings. The van der Waals surface area contributed by atoms with E-state index in [0.29, 0.717) is 25.6 Å². The number of hydrogen-bond acceptors (Lipinski definition) is 4. The summed E-state index contributed by atoms with van der Waals surface area (Å²) in [5, 5.41) is 8.95. The molecular formula is C17H28FIN4O2S. The SMILES string of the molecule is CN=C(NCCNC(=O)OC(C)(C)C)NCCSc1ccc(F)cc1.I. The van der Waals surface area contributed by atoms with Crippen molar-refractivity contribution in [3.63, 3.8) is 0 Å². The number of halogens is 2. The van der Waals surface area contributed by atoms with E-state index in [4.69, 9.17) is 4.74 Å². The average Bonchev–Trinajstić information content (AvgIpc) is 2.53. The molecule has 26 heavy (non-hydrogen) atoms. The molecule has 0 radical (unpaired) electrons. The van der Waals surface area contributed by atoms with Crippen LogP contribution in [0.5, 0.6) is 0 Å². The summed E-state index contributed by atoms with van der Waals surface area (Å²) >= 11 is 1.63. The minimum Gasteiger partial charge on any atom is -0.444 e. The second kappa shape index (κ2) is 13.0. The molecule has 1 amide bonds. The first-order valence-corrected chi connectivity index (χ1v) is 9.08. The number of nitrogens with one attached hydrogen (secondary N) is 3. The highest BCUT2D eigenvalue weighted by atomic mass is 127. The van der Waals surface area contributed by atoms with Crippen molar-refractivity contribution >= 4 is 47.8 Å². The normalized spacial score (nSPS) is 11.3. The van der Waals surface area contributed by atoms with E-state index in [2.05, 4.69) is 20.9 Å². The summed E-state index contributed by atoms with van der Waals surface area (Å²) in [5.41, 5.74) is -0.503. The monoisotopic (exact) mass is 498 g/mol. The molecule has 9 heteroatoms. The minimum atomic E-state index is -0.503. The van der Waals surface area contributed by atoms with Gasteiger partial charge in [0.05, 0.1) is 0 Å². The number of rotatable bonds is 7. The van der Waals surface area contributed by atoms with Gasteiger partial charge in [0.2, 0.25) is 0 Å². The van der Waals surface area contributed by atoms with E-state index < -0.39 is 11.7 Å². The molecule has 0 aliphatic heterocycles. The number of alkyl carbamates (subject to hydrolysis) is 1. The summed E-state index contributed by atoms with van der Waals surface area (Å²) in [6.45, 7) is 7.13. The third-order valence-corrected chi connectivity index (χ3v) is 3.80. The lowest BCUT2D eigenvalue weighted by Crippen LogP contribution is -2.43. The number of nitrogens with zero attached hydrogens (tertiary/aromatic N) is 1. The molecule has 148 valence electrons. The summed E-state index contributed by atoms with van der Waals surface area (Å²) in [6.07, 6.45) is -0.437. The van der Waals surface area contributed by atoms with E-state index in [-0.39, 0.29) is 29.8 Å². The smallest absolute Gasteiger partial charge is 0.407 e. The number of aliphatic imine (C=N–C) groups is 1. The predicted molar refractivity (Wildman–Crippen MR) is 116 cm³/mol. The van der Waals surface area contributed by atoms with Crippen LogP contribution in [0.2, 0.25) is 0 Å². The zero-order valence-electron chi connectivity index (χ0n) is 15.6. The summed E-state index contributed by atoms with van der Waals surface area (Å²) in [7, 11) is 1.68. The lowest BCUT2D eigenvalue weighted by molar-refractivity contribution is 0.0529. The van der Waals surface area contributed by atoms with Gasteiger partial charge >= 0.3 is 6.09 Å². The number of hydrogen-bond donors (Lipinski definition) is 3. The highest BCUT2D eigenvalue weighted by Crippen LogP contribution is 2.17. The van der Waals surface area contributed by atoms with Gasteiger partial charge in [0.15, 0.2) is 5.96 Å². The van der Waals surface area contributed by atoms with Gasteiger partial charge in [-0.05, 0) is 45.0 Å². The van der Waals surface area contributed by atoms with Crippen molar-refractivity contribution in [2.24, 2.45) is 4.99 Å². The fourth-order valence-electron chi connectivity index (χ4n) is 1.75. The molecule has 1 aromatic rings.